The van der Waals surface area contributed by atoms with Crippen LogP contribution in [-0.2, 0) is 0 Å². The van der Waals surface area contributed by atoms with Gasteiger partial charge in [-0.15, -0.1) is 0 Å². The molecule has 0 saturated carbocycles. The van der Waals surface area contributed by atoms with Gasteiger partial charge >= 0.3 is 0 Å². The summed E-state index contributed by atoms with van der Waals surface area (Å²) in [5, 5.41) is 0. The average molecular weight is 437 g/mol. The maximum atomic E-state index is 13.2. The normalized spacial score (nSPS) is 12.5. The maximum Gasteiger partial charge on any atom is 0.137 e. The van der Waals surface area contributed by atoms with Gasteiger partial charge in [0.05, 0.1) is 9.30 Å². The van der Waals surface area contributed by atoms with Gasteiger partial charge in [-0.3, -0.25) is 0 Å². The zero-order valence-corrected chi connectivity index (χ0v) is 14.3. The summed E-state index contributed by atoms with van der Waals surface area (Å²) in [4.78, 5) is 0.0567. The van der Waals surface area contributed by atoms with Gasteiger partial charge in [0.2, 0.25) is 0 Å². The Labute approximate surface area is 131 Å². The molecule has 4 heteroatoms. The molecule has 0 aromatic heterocycles. The molecule has 0 spiro atoms. The summed E-state index contributed by atoms with van der Waals surface area (Å²) >= 11 is 10.3. The number of aryl methyl sites for hydroxylation is 1. The monoisotopic (exact) mass is 434 g/mol. The van der Waals surface area contributed by atoms with Crippen LogP contribution >= 0.6 is 47.8 Å². The highest BCUT2D eigenvalue weighted by Gasteiger charge is 2.12. The number of halogens is 4. The van der Waals surface area contributed by atoms with Crippen molar-refractivity contribution in [2.75, 3.05) is 0 Å². The van der Waals surface area contributed by atoms with Crippen LogP contribution in [0.1, 0.15) is 21.5 Å². The first-order valence-electron chi connectivity index (χ1n) is 5.34. The second-order valence-electron chi connectivity index (χ2n) is 4.04. The summed E-state index contributed by atoms with van der Waals surface area (Å²) < 4.78 is 14.8. The zero-order valence-electron chi connectivity index (χ0n) is 9.55. The van der Waals surface area contributed by atoms with Crippen LogP contribution in [0.5, 0.6) is 0 Å². The molecular weight excluding hydrogens is 427 g/mol. The molecule has 0 aliphatic carbocycles. The van der Waals surface area contributed by atoms with E-state index in [9.17, 15) is 4.39 Å². The van der Waals surface area contributed by atoms with Crippen LogP contribution in [0.15, 0.2) is 45.3 Å². The second-order valence-corrected chi connectivity index (χ2v) is 6.67. The van der Waals surface area contributed by atoms with Crippen LogP contribution in [0.2, 0.25) is 0 Å². The van der Waals surface area contributed by atoms with Crippen LogP contribution in [-0.4, -0.2) is 0 Å². The van der Waals surface area contributed by atoms with Crippen molar-refractivity contribution in [3.63, 3.8) is 0 Å². The average Bonchev–Trinajstić information content (AvgIpc) is 2.35. The molecule has 0 amide bonds. The number of hydrogen-bond acceptors (Lipinski definition) is 0. The molecule has 2 aromatic rings. The van der Waals surface area contributed by atoms with E-state index in [1.807, 2.05) is 19.1 Å². The Morgan fingerprint density at radius 3 is 2.17 bits per heavy atom. The van der Waals surface area contributed by atoms with E-state index in [1.54, 1.807) is 12.1 Å². The highest BCUT2D eigenvalue weighted by Crippen LogP contribution is 2.34. The fourth-order valence-corrected chi connectivity index (χ4v) is 2.90. The van der Waals surface area contributed by atoms with E-state index < -0.39 is 0 Å². The lowest BCUT2D eigenvalue weighted by Gasteiger charge is -2.13. The molecule has 0 aliphatic heterocycles. The first-order chi connectivity index (χ1) is 8.49. The second kappa shape index (κ2) is 5.85. The highest BCUT2D eigenvalue weighted by atomic mass is 79.9. The van der Waals surface area contributed by atoms with Crippen LogP contribution in [0, 0.1) is 12.7 Å². The Morgan fingerprint density at radius 1 is 0.944 bits per heavy atom. The van der Waals surface area contributed by atoms with E-state index in [1.165, 1.54) is 11.6 Å². The summed E-state index contributed by atoms with van der Waals surface area (Å²) in [6, 6.07) is 11.2. The summed E-state index contributed by atoms with van der Waals surface area (Å²) in [6.07, 6.45) is 0. The Morgan fingerprint density at radius 2 is 1.56 bits per heavy atom. The first kappa shape index (κ1) is 14.2. The molecule has 0 N–H and O–H groups in total. The predicted octanol–water partition coefficient (Wildman–Crippen LogP) is 6.14. The van der Waals surface area contributed by atoms with Gasteiger partial charge in [0.1, 0.15) is 5.82 Å². The van der Waals surface area contributed by atoms with Crippen molar-refractivity contribution in [1.82, 2.24) is 0 Å². The van der Waals surface area contributed by atoms with E-state index in [0.717, 1.165) is 15.6 Å². The van der Waals surface area contributed by atoms with E-state index in [0.29, 0.717) is 4.47 Å². The van der Waals surface area contributed by atoms with Crippen LogP contribution < -0.4 is 0 Å². The lowest BCUT2D eigenvalue weighted by atomic mass is 10.0. The molecule has 1 unspecified atom stereocenters. The minimum Gasteiger partial charge on any atom is -0.206 e. The van der Waals surface area contributed by atoms with Crippen molar-refractivity contribution in [2.45, 2.75) is 11.8 Å². The molecule has 1 atom stereocenters. The number of benzene rings is 2. The van der Waals surface area contributed by atoms with Gasteiger partial charge in [-0.2, -0.15) is 0 Å². The van der Waals surface area contributed by atoms with E-state index in [4.69, 9.17) is 0 Å². The van der Waals surface area contributed by atoms with Gasteiger partial charge in [-0.25, -0.2) is 4.39 Å². The largest absolute Gasteiger partial charge is 0.206 e. The van der Waals surface area contributed by atoms with Crippen molar-refractivity contribution < 1.29 is 4.39 Å². The summed E-state index contributed by atoms with van der Waals surface area (Å²) in [5.41, 5.74) is 3.34. The van der Waals surface area contributed by atoms with Gasteiger partial charge in [0, 0.05) is 4.47 Å². The number of hydrogen-bond donors (Lipinski definition) is 0. The third-order valence-corrected chi connectivity index (χ3v) is 5.27. The zero-order chi connectivity index (χ0) is 13.3. The lowest BCUT2D eigenvalue weighted by molar-refractivity contribution is 0.620. The molecule has 2 rings (SSSR count). The SMILES string of the molecule is Cc1cc(C(Br)c2ccc(F)c(Br)c2)ccc1Br. The van der Waals surface area contributed by atoms with Crippen molar-refractivity contribution in [1.29, 1.82) is 0 Å². The molecule has 94 valence electrons. The third kappa shape index (κ3) is 3.03. The quantitative estimate of drug-likeness (QED) is 0.496. The Hall–Kier alpha value is -0.190. The van der Waals surface area contributed by atoms with Crippen molar-refractivity contribution in [2.24, 2.45) is 0 Å². The minimum absolute atomic E-state index is 0.0567. The summed E-state index contributed by atoms with van der Waals surface area (Å²) in [6.45, 7) is 2.05. The molecule has 0 nitrogen and oxygen atoms in total. The smallest absolute Gasteiger partial charge is 0.137 e. The van der Waals surface area contributed by atoms with Crippen LogP contribution in [0.3, 0.4) is 0 Å². The summed E-state index contributed by atoms with van der Waals surface area (Å²) in [5.74, 6) is -0.245. The number of alkyl halides is 1. The third-order valence-electron chi connectivity index (χ3n) is 2.71. The fourth-order valence-electron chi connectivity index (χ4n) is 1.69. The Balaban J connectivity index is 2.37. The molecule has 0 aliphatic rings. The van der Waals surface area contributed by atoms with Gasteiger partial charge in [-0.1, -0.05) is 50.1 Å². The van der Waals surface area contributed by atoms with Crippen molar-refractivity contribution >= 4 is 47.8 Å². The predicted molar refractivity (Wildman–Crippen MR) is 83.7 cm³/mol. The van der Waals surface area contributed by atoms with E-state index in [-0.39, 0.29) is 10.6 Å². The highest BCUT2D eigenvalue weighted by molar-refractivity contribution is 9.11. The Kier molecular flexibility index (Phi) is 4.62. The number of rotatable bonds is 2. The topological polar surface area (TPSA) is 0 Å². The maximum absolute atomic E-state index is 13.2. The van der Waals surface area contributed by atoms with Crippen LogP contribution in [0.4, 0.5) is 4.39 Å². The van der Waals surface area contributed by atoms with E-state index >= 15 is 0 Å². The van der Waals surface area contributed by atoms with Gasteiger partial charge in [-0.05, 0) is 57.7 Å². The van der Waals surface area contributed by atoms with Gasteiger partial charge < -0.3 is 0 Å². The molecule has 0 saturated heterocycles. The van der Waals surface area contributed by atoms with E-state index in [2.05, 4.69) is 53.9 Å². The fraction of sp³-hybridized carbons (Fsp3) is 0.143. The minimum atomic E-state index is -0.245. The summed E-state index contributed by atoms with van der Waals surface area (Å²) in [7, 11) is 0. The molecule has 2 aromatic carbocycles. The van der Waals surface area contributed by atoms with Crippen LogP contribution in [0.25, 0.3) is 0 Å². The lowest BCUT2D eigenvalue weighted by Crippen LogP contribution is -1.94. The first-order valence-corrected chi connectivity index (χ1v) is 7.84. The van der Waals surface area contributed by atoms with Gasteiger partial charge in [0.15, 0.2) is 0 Å². The molecule has 0 fully saturated rings. The van der Waals surface area contributed by atoms with Crippen molar-refractivity contribution in [3.05, 3.63) is 67.9 Å². The molecular formula is C14H10Br3F. The Bertz CT molecular complexity index is 530. The molecule has 0 radical (unpaired) electrons. The molecule has 18 heavy (non-hydrogen) atoms. The molecule has 0 bridgehead atoms. The van der Waals surface area contributed by atoms with Crippen molar-refractivity contribution in [3.8, 4) is 0 Å². The molecule has 0 heterocycles. The standard InChI is InChI=1S/C14H10Br3F/c1-8-6-9(2-4-11(8)15)14(17)10-3-5-13(18)12(16)7-10/h2-7,14H,1H3. The van der Waals surface area contributed by atoms with Gasteiger partial charge in [0.25, 0.3) is 0 Å².